The maximum Gasteiger partial charge on any atom is 0.252 e. The topological polar surface area (TPSA) is 83.6 Å². The highest BCUT2D eigenvalue weighted by Gasteiger charge is 2.35. The predicted octanol–water partition coefficient (Wildman–Crippen LogP) is 0.367. The summed E-state index contributed by atoms with van der Waals surface area (Å²) in [6, 6.07) is 9.67. The first-order chi connectivity index (χ1) is 9.59. The van der Waals surface area contributed by atoms with Crippen LogP contribution in [-0.4, -0.2) is 45.6 Å². The van der Waals surface area contributed by atoms with Gasteiger partial charge in [-0.2, -0.15) is 0 Å². The molecule has 2 rings (SSSR count). The fraction of sp³-hybridized carbons (Fsp3) is 0.429. The molecule has 20 heavy (non-hydrogen) atoms. The number of rotatable bonds is 5. The van der Waals surface area contributed by atoms with Crippen LogP contribution in [0.1, 0.15) is 12.0 Å². The van der Waals surface area contributed by atoms with Gasteiger partial charge in [-0.3, -0.25) is 9.59 Å². The van der Waals surface area contributed by atoms with Crippen molar-refractivity contribution in [2.45, 2.75) is 24.3 Å². The van der Waals surface area contributed by atoms with Crippen molar-refractivity contribution in [3.63, 3.8) is 0 Å². The van der Waals surface area contributed by atoms with Crippen molar-refractivity contribution in [2.24, 2.45) is 5.73 Å². The van der Waals surface area contributed by atoms with E-state index in [9.17, 15) is 14.7 Å². The third-order valence-electron chi connectivity index (χ3n) is 3.25. The van der Waals surface area contributed by atoms with Gasteiger partial charge in [0.1, 0.15) is 6.10 Å². The summed E-state index contributed by atoms with van der Waals surface area (Å²) in [7, 11) is 0. The molecule has 1 fully saturated rings. The second-order valence-electron chi connectivity index (χ2n) is 4.70. The number of benzene rings is 1. The van der Waals surface area contributed by atoms with Gasteiger partial charge in [0, 0.05) is 12.3 Å². The van der Waals surface area contributed by atoms with Gasteiger partial charge in [0.05, 0.1) is 0 Å². The normalized spacial score (nSPS) is 19.9. The average Bonchev–Trinajstić information content (AvgIpc) is 2.94. The Morgan fingerprint density at radius 2 is 2.10 bits per heavy atom. The monoisotopic (exact) mass is 294 g/mol. The van der Waals surface area contributed by atoms with E-state index >= 15 is 0 Å². The maximum atomic E-state index is 12.1. The molecule has 0 aromatic heterocycles. The average molecular weight is 294 g/mol. The van der Waals surface area contributed by atoms with Crippen molar-refractivity contribution in [3.8, 4) is 0 Å². The lowest BCUT2D eigenvalue weighted by Crippen LogP contribution is -2.46. The van der Waals surface area contributed by atoms with E-state index in [0.717, 1.165) is 5.56 Å². The molecule has 108 valence electrons. The Hall–Kier alpha value is -1.53. The summed E-state index contributed by atoms with van der Waals surface area (Å²) in [5.41, 5.74) is 6.33. The number of hydrogen-bond acceptors (Lipinski definition) is 4. The van der Waals surface area contributed by atoms with Gasteiger partial charge in [-0.15, -0.1) is 11.8 Å². The lowest BCUT2D eigenvalue weighted by atomic mass is 10.1. The van der Waals surface area contributed by atoms with Crippen LogP contribution in [0.5, 0.6) is 0 Å². The highest BCUT2D eigenvalue weighted by atomic mass is 32.2. The molecule has 6 heteroatoms. The number of aryl methyl sites for hydroxylation is 1. The van der Waals surface area contributed by atoms with Crippen LogP contribution >= 0.6 is 11.8 Å². The molecule has 0 radical (unpaired) electrons. The number of primary amides is 1. The summed E-state index contributed by atoms with van der Waals surface area (Å²) in [6.45, 7) is 0.458. The number of hydrogen-bond donors (Lipinski definition) is 2. The van der Waals surface area contributed by atoms with Gasteiger partial charge in [-0.25, -0.2) is 0 Å². The van der Waals surface area contributed by atoms with E-state index in [4.69, 9.17) is 5.73 Å². The molecular formula is C14H18N2O3S. The summed E-state index contributed by atoms with van der Waals surface area (Å²) < 4.78 is 0. The highest BCUT2D eigenvalue weighted by molar-refractivity contribution is 8.00. The summed E-state index contributed by atoms with van der Waals surface area (Å²) in [6.07, 6.45) is -0.124. The van der Waals surface area contributed by atoms with Crippen LogP contribution in [0.15, 0.2) is 30.3 Å². The fourth-order valence-corrected chi connectivity index (χ4v) is 3.27. The minimum absolute atomic E-state index is 0.343. The van der Waals surface area contributed by atoms with E-state index in [1.807, 2.05) is 30.3 Å². The Labute approximate surface area is 122 Å². The predicted molar refractivity (Wildman–Crippen MR) is 77.9 cm³/mol. The number of carbonyl (C=O) groups is 2. The lowest BCUT2D eigenvalue weighted by molar-refractivity contribution is -0.143. The Bertz CT molecular complexity index is 481. The van der Waals surface area contributed by atoms with E-state index in [-0.39, 0.29) is 0 Å². The molecule has 3 N–H and O–H groups in total. The first-order valence-corrected chi connectivity index (χ1v) is 7.58. The summed E-state index contributed by atoms with van der Waals surface area (Å²) in [5.74, 6) is -0.268. The van der Waals surface area contributed by atoms with Gasteiger partial charge in [0.25, 0.3) is 11.8 Å². The van der Waals surface area contributed by atoms with E-state index in [1.165, 1.54) is 16.7 Å². The van der Waals surface area contributed by atoms with Crippen LogP contribution in [0.25, 0.3) is 0 Å². The minimum Gasteiger partial charge on any atom is -0.383 e. The summed E-state index contributed by atoms with van der Waals surface area (Å²) >= 11 is 1.34. The maximum absolute atomic E-state index is 12.1. The molecule has 0 spiro atoms. The van der Waals surface area contributed by atoms with Crippen LogP contribution in [-0.2, 0) is 16.0 Å². The van der Waals surface area contributed by atoms with Crippen molar-refractivity contribution in [3.05, 3.63) is 35.9 Å². The Morgan fingerprint density at radius 3 is 2.75 bits per heavy atom. The fourth-order valence-electron chi connectivity index (χ4n) is 2.19. The van der Waals surface area contributed by atoms with Crippen LogP contribution in [0.4, 0.5) is 0 Å². The molecule has 1 aliphatic rings. The second-order valence-corrected chi connectivity index (χ2v) is 5.89. The SMILES string of the molecule is NC(=O)C1SCCN1C(=O)[C@H](O)CCc1ccccc1. The molecule has 1 aromatic rings. The number of aliphatic hydroxyl groups is 1. The molecule has 0 bridgehead atoms. The summed E-state index contributed by atoms with van der Waals surface area (Å²) in [5, 5.41) is 9.34. The standard InChI is InChI=1S/C14H18N2O3S/c15-12(18)14-16(8-9-20-14)13(19)11(17)7-6-10-4-2-1-3-5-10/h1-5,11,14,17H,6-9H2,(H2,15,18)/t11-,14?/m1/s1. The van der Waals surface area contributed by atoms with Gasteiger partial charge in [-0.05, 0) is 18.4 Å². The van der Waals surface area contributed by atoms with Gasteiger partial charge in [-0.1, -0.05) is 30.3 Å². The van der Waals surface area contributed by atoms with Crippen molar-refractivity contribution >= 4 is 23.6 Å². The van der Waals surface area contributed by atoms with Crippen molar-refractivity contribution in [1.29, 1.82) is 0 Å². The molecule has 1 heterocycles. The van der Waals surface area contributed by atoms with Crippen molar-refractivity contribution in [2.75, 3.05) is 12.3 Å². The van der Waals surface area contributed by atoms with Crippen molar-refractivity contribution in [1.82, 2.24) is 4.90 Å². The molecule has 1 aromatic carbocycles. The molecule has 2 amide bonds. The Kier molecular flexibility index (Phi) is 5.03. The molecule has 1 saturated heterocycles. The first-order valence-electron chi connectivity index (χ1n) is 6.53. The van der Waals surface area contributed by atoms with Gasteiger partial charge in [0.2, 0.25) is 0 Å². The van der Waals surface area contributed by atoms with Crippen LogP contribution < -0.4 is 5.73 Å². The first kappa shape index (κ1) is 14.9. The number of nitrogens with two attached hydrogens (primary N) is 1. The summed E-state index contributed by atoms with van der Waals surface area (Å²) in [4.78, 5) is 24.8. The second kappa shape index (κ2) is 6.76. The molecule has 1 unspecified atom stereocenters. The van der Waals surface area contributed by atoms with Gasteiger partial charge in [0.15, 0.2) is 5.37 Å². The number of thioether (sulfide) groups is 1. The lowest BCUT2D eigenvalue weighted by Gasteiger charge is -2.23. The molecule has 5 nitrogen and oxygen atoms in total. The van der Waals surface area contributed by atoms with E-state index in [1.54, 1.807) is 0 Å². The largest absolute Gasteiger partial charge is 0.383 e. The van der Waals surface area contributed by atoms with E-state index in [2.05, 4.69) is 0 Å². The molecular weight excluding hydrogens is 276 g/mol. The zero-order chi connectivity index (χ0) is 14.5. The van der Waals surface area contributed by atoms with E-state index in [0.29, 0.717) is 25.1 Å². The Balaban J connectivity index is 1.90. The number of nitrogens with zero attached hydrogens (tertiary/aromatic N) is 1. The van der Waals surface area contributed by atoms with Crippen LogP contribution in [0, 0.1) is 0 Å². The van der Waals surface area contributed by atoms with E-state index < -0.39 is 23.3 Å². The minimum atomic E-state index is -1.09. The zero-order valence-corrected chi connectivity index (χ0v) is 11.9. The highest BCUT2D eigenvalue weighted by Crippen LogP contribution is 2.24. The number of carbonyl (C=O) groups excluding carboxylic acids is 2. The number of aliphatic hydroxyl groups excluding tert-OH is 1. The molecule has 1 aliphatic heterocycles. The van der Waals surface area contributed by atoms with Crippen LogP contribution in [0.3, 0.4) is 0 Å². The third kappa shape index (κ3) is 3.52. The molecule has 0 saturated carbocycles. The molecule has 0 aliphatic carbocycles. The smallest absolute Gasteiger partial charge is 0.252 e. The zero-order valence-electron chi connectivity index (χ0n) is 11.1. The van der Waals surface area contributed by atoms with Crippen molar-refractivity contribution < 1.29 is 14.7 Å². The van der Waals surface area contributed by atoms with Gasteiger partial charge < -0.3 is 15.7 Å². The van der Waals surface area contributed by atoms with Gasteiger partial charge >= 0.3 is 0 Å². The Morgan fingerprint density at radius 1 is 1.40 bits per heavy atom. The number of amides is 2. The quantitative estimate of drug-likeness (QED) is 0.821. The third-order valence-corrected chi connectivity index (χ3v) is 4.47. The molecule has 2 atom stereocenters. The van der Waals surface area contributed by atoms with Crippen LogP contribution in [0.2, 0.25) is 0 Å².